The Kier molecular flexibility index (Phi) is 7.32. The first-order valence-corrected chi connectivity index (χ1v) is 10.1. The summed E-state index contributed by atoms with van der Waals surface area (Å²) in [5.74, 6) is 1.60. The van der Waals surface area contributed by atoms with Crippen LogP contribution in [0.4, 0.5) is 5.82 Å². The molecule has 0 amide bonds. The van der Waals surface area contributed by atoms with Gasteiger partial charge in [0.25, 0.3) is 5.56 Å². The van der Waals surface area contributed by atoms with E-state index in [1.54, 1.807) is 10.6 Å². The third-order valence-electron chi connectivity index (χ3n) is 4.89. The van der Waals surface area contributed by atoms with Gasteiger partial charge in [-0.15, -0.1) is 6.58 Å². The van der Waals surface area contributed by atoms with E-state index in [9.17, 15) is 9.59 Å². The predicted octanol–water partition coefficient (Wildman–Crippen LogP) is 3.11. The number of ether oxygens (including phenoxy) is 1. The number of hydrogen-bond acceptors (Lipinski definition) is 6. The highest BCUT2D eigenvalue weighted by Gasteiger charge is 2.33. The molecule has 6 nitrogen and oxygen atoms in total. The van der Waals surface area contributed by atoms with Crippen LogP contribution in [0.25, 0.3) is 0 Å². The Balaban J connectivity index is 2.02. The van der Waals surface area contributed by atoms with Crippen LogP contribution in [0.2, 0.25) is 0 Å². The minimum atomic E-state index is -0.417. The molecule has 1 aliphatic carbocycles. The van der Waals surface area contributed by atoms with Gasteiger partial charge in [0.1, 0.15) is 11.9 Å². The van der Waals surface area contributed by atoms with E-state index in [0.717, 1.165) is 12.8 Å². The van der Waals surface area contributed by atoms with Gasteiger partial charge >= 0.3 is 5.97 Å². The minimum Gasteiger partial charge on any atom is -0.461 e. The number of nitrogens with two attached hydrogens (primary N) is 1. The molecule has 1 fully saturated rings. The quantitative estimate of drug-likeness (QED) is 0.339. The fourth-order valence-corrected chi connectivity index (χ4v) is 4.31. The highest BCUT2D eigenvalue weighted by atomic mass is 32.2. The number of allylic oxidation sites excluding steroid dienone is 1. The smallest absolute Gasteiger partial charge is 0.316 e. The first kappa shape index (κ1) is 20.6. The number of rotatable bonds is 7. The Morgan fingerprint density at radius 3 is 2.92 bits per heavy atom. The van der Waals surface area contributed by atoms with E-state index in [1.165, 1.54) is 24.2 Å². The molecule has 26 heavy (non-hydrogen) atoms. The molecular formula is C19H29N3O3S. The molecule has 0 bridgehead atoms. The summed E-state index contributed by atoms with van der Waals surface area (Å²) < 4.78 is 7.45. The molecule has 1 saturated carbocycles. The number of thioether (sulfide) groups is 1. The van der Waals surface area contributed by atoms with E-state index in [2.05, 4.69) is 32.3 Å². The van der Waals surface area contributed by atoms with Crippen molar-refractivity contribution in [3.8, 4) is 0 Å². The number of aromatic nitrogens is 2. The number of carbonyl (C=O) groups excluding carboxylic acids is 1. The standard InChI is InChI=1S/C19H29N3O3S/c1-5-8-22-16(20)10-17(23)21-19(22)26-11-18(24)25-15-9-13(4)6-7-14(15)12(2)3/h5,10,12-15H,1,6-9,11,20H2,2-4H3/t13-,14-,15+/m0/s1. The monoisotopic (exact) mass is 379 g/mol. The normalized spacial score (nSPS) is 23.0. The fourth-order valence-electron chi connectivity index (χ4n) is 3.50. The van der Waals surface area contributed by atoms with Gasteiger partial charge in [-0.05, 0) is 30.6 Å². The van der Waals surface area contributed by atoms with Gasteiger partial charge in [-0.25, -0.2) is 0 Å². The summed E-state index contributed by atoms with van der Waals surface area (Å²) in [4.78, 5) is 28.0. The summed E-state index contributed by atoms with van der Waals surface area (Å²) >= 11 is 1.17. The number of nitrogen functional groups attached to an aromatic ring is 1. The van der Waals surface area contributed by atoms with E-state index in [-0.39, 0.29) is 17.8 Å². The Morgan fingerprint density at radius 1 is 1.54 bits per heavy atom. The van der Waals surface area contributed by atoms with Gasteiger partial charge in [-0.2, -0.15) is 4.98 Å². The summed E-state index contributed by atoms with van der Waals surface area (Å²) in [5.41, 5.74) is 5.46. The van der Waals surface area contributed by atoms with E-state index in [4.69, 9.17) is 10.5 Å². The first-order chi connectivity index (χ1) is 12.3. The van der Waals surface area contributed by atoms with Crippen LogP contribution in [0, 0.1) is 17.8 Å². The lowest BCUT2D eigenvalue weighted by molar-refractivity contribution is -0.152. The summed E-state index contributed by atoms with van der Waals surface area (Å²) in [6.07, 6.45) is 4.83. The van der Waals surface area contributed by atoms with Gasteiger partial charge in [0.2, 0.25) is 0 Å². The topological polar surface area (TPSA) is 87.2 Å². The Labute approximate surface area is 159 Å². The molecule has 1 aromatic rings. The molecule has 0 saturated heterocycles. The zero-order valence-electron chi connectivity index (χ0n) is 15.8. The average Bonchev–Trinajstić information content (AvgIpc) is 2.55. The first-order valence-electron chi connectivity index (χ1n) is 9.12. The van der Waals surface area contributed by atoms with Crippen LogP contribution in [-0.4, -0.2) is 27.4 Å². The molecule has 1 aromatic heterocycles. The molecule has 0 aromatic carbocycles. The molecule has 0 unspecified atom stereocenters. The van der Waals surface area contributed by atoms with E-state index in [0.29, 0.717) is 35.3 Å². The summed E-state index contributed by atoms with van der Waals surface area (Å²) in [6.45, 7) is 10.7. The van der Waals surface area contributed by atoms with Crippen LogP contribution in [0.15, 0.2) is 28.7 Å². The van der Waals surface area contributed by atoms with Crippen molar-refractivity contribution < 1.29 is 9.53 Å². The van der Waals surface area contributed by atoms with Gasteiger partial charge in [0.05, 0.1) is 5.75 Å². The lowest BCUT2D eigenvalue weighted by Crippen LogP contribution is -2.36. The summed E-state index contributed by atoms with van der Waals surface area (Å²) in [5, 5.41) is 0.407. The lowest BCUT2D eigenvalue weighted by Gasteiger charge is -2.36. The van der Waals surface area contributed by atoms with E-state index >= 15 is 0 Å². The van der Waals surface area contributed by atoms with Crippen LogP contribution < -0.4 is 11.3 Å². The lowest BCUT2D eigenvalue weighted by atomic mass is 9.75. The minimum absolute atomic E-state index is 0.0315. The number of carbonyl (C=O) groups is 1. The Bertz CT molecular complexity index is 702. The predicted molar refractivity (Wildman–Crippen MR) is 105 cm³/mol. The van der Waals surface area contributed by atoms with Crippen LogP contribution >= 0.6 is 11.8 Å². The molecule has 2 rings (SSSR count). The number of esters is 1. The Morgan fingerprint density at radius 2 is 2.27 bits per heavy atom. The largest absolute Gasteiger partial charge is 0.461 e. The third kappa shape index (κ3) is 5.37. The van der Waals surface area contributed by atoms with Crippen LogP contribution in [0.3, 0.4) is 0 Å². The van der Waals surface area contributed by atoms with E-state index in [1.807, 2.05) is 0 Å². The van der Waals surface area contributed by atoms with Crippen LogP contribution in [0.5, 0.6) is 0 Å². The molecule has 2 N–H and O–H groups in total. The average molecular weight is 380 g/mol. The second-order valence-corrected chi connectivity index (χ2v) is 8.29. The van der Waals surface area contributed by atoms with Crippen molar-refractivity contribution in [3.05, 3.63) is 29.1 Å². The Hall–Kier alpha value is -1.76. The second-order valence-electron chi connectivity index (χ2n) is 7.34. The SMILES string of the molecule is C=CCn1c(N)cc(=O)nc1SCC(=O)O[C@@H]1C[C@@H](C)CC[C@H]1C(C)C. The van der Waals surface area contributed by atoms with Gasteiger partial charge in [0, 0.05) is 12.6 Å². The summed E-state index contributed by atoms with van der Waals surface area (Å²) in [7, 11) is 0. The van der Waals surface area contributed by atoms with Crippen molar-refractivity contribution in [2.45, 2.75) is 57.8 Å². The molecule has 7 heteroatoms. The van der Waals surface area contributed by atoms with Crippen molar-refractivity contribution in [2.24, 2.45) is 17.8 Å². The maximum absolute atomic E-state index is 12.4. The third-order valence-corrected chi connectivity index (χ3v) is 5.84. The number of nitrogens with zero attached hydrogens (tertiary/aromatic N) is 2. The number of hydrogen-bond donors (Lipinski definition) is 1. The van der Waals surface area contributed by atoms with Crippen molar-refractivity contribution in [1.29, 1.82) is 0 Å². The summed E-state index contributed by atoms with van der Waals surface area (Å²) in [6, 6.07) is 1.27. The molecule has 0 radical (unpaired) electrons. The number of anilines is 1. The zero-order chi connectivity index (χ0) is 19.3. The highest BCUT2D eigenvalue weighted by molar-refractivity contribution is 7.99. The molecular weight excluding hydrogens is 350 g/mol. The second kappa shape index (κ2) is 9.26. The van der Waals surface area contributed by atoms with Gasteiger partial charge in [0.15, 0.2) is 5.16 Å². The molecule has 0 spiro atoms. The molecule has 144 valence electrons. The van der Waals surface area contributed by atoms with Crippen molar-refractivity contribution in [2.75, 3.05) is 11.5 Å². The molecule has 1 aliphatic rings. The van der Waals surface area contributed by atoms with Gasteiger partial charge in [-0.3, -0.25) is 9.59 Å². The van der Waals surface area contributed by atoms with Crippen LogP contribution in [-0.2, 0) is 16.1 Å². The van der Waals surface area contributed by atoms with Gasteiger partial charge in [-0.1, -0.05) is 45.0 Å². The van der Waals surface area contributed by atoms with Crippen molar-refractivity contribution in [1.82, 2.24) is 9.55 Å². The van der Waals surface area contributed by atoms with Gasteiger partial charge < -0.3 is 15.0 Å². The van der Waals surface area contributed by atoms with Crippen molar-refractivity contribution >= 4 is 23.5 Å². The van der Waals surface area contributed by atoms with Crippen LogP contribution in [0.1, 0.15) is 40.0 Å². The van der Waals surface area contributed by atoms with Crippen molar-refractivity contribution in [3.63, 3.8) is 0 Å². The fraction of sp³-hybridized carbons (Fsp3) is 0.632. The maximum Gasteiger partial charge on any atom is 0.316 e. The highest BCUT2D eigenvalue weighted by Crippen LogP contribution is 2.35. The van der Waals surface area contributed by atoms with E-state index < -0.39 is 5.56 Å². The maximum atomic E-state index is 12.4. The molecule has 0 aliphatic heterocycles. The molecule has 3 atom stereocenters. The molecule has 1 heterocycles. The zero-order valence-corrected chi connectivity index (χ0v) is 16.6.